The van der Waals surface area contributed by atoms with Crippen molar-refractivity contribution >= 4 is 34.4 Å². The molecule has 33 heavy (non-hydrogen) atoms. The van der Waals surface area contributed by atoms with Gasteiger partial charge < -0.3 is 15.4 Å². The molecule has 3 aromatic heterocycles. The fourth-order valence-corrected chi connectivity index (χ4v) is 4.05. The number of hydrogen-bond donors (Lipinski definition) is 2. The van der Waals surface area contributed by atoms with Gasteiger partial charge in [-0.2, -0.15) is 9.61 Å². The molecule has 0 aliphatic carbocycles. The summed E-state index contributed by atoms with van der Waals surface area (Å²) in [5, 5.41) is 20.9. The van der Waals surface area contributed by atoms with Crippen LogP contribution < -0.4 is 15.4 Å². The number of amides is 2. The number of hydrogen-bond acceptors (Lipinski definition) is 6. The average Bonchev–Trinajstić information content (AvgIpc) is 3.50. The number of anilines is 2. The summed E-state index contributed by atoms with van der Waals surface area (Å²) >= 11 is 1.59. The minimum Gasteiger partial charge on any atom is -0.494 e. The van der Waals surface area contributed by atoms with Crippen molar-refractivity contribution in [2.24, 2.45) is 0 Å². The molecule has 0 unspecified atom stereocenters. The molecule has 164 valence electrons. The maximum Gasteiger partial charge on any atom is 0.323 e. The van der Waals surface area contributed by atoms with Crippen molar-refractivity contribution in [3.8, 4) is 27.7 Å². The van der Waals surface area contributed by atoms with E-state index in [1.807, 2.05) is 73.0 Å². The van der Waals surface area contributed by atoms with Crippen molar-refractivity contribution in [3.63, 3.8) is 0 Å². The third-order valence-electron chi connectivity index (χ3n) is 4.84. The lowest BCUT2D eigenvalue weighted by Gasteiger charge is -2.10. The third kappa shape index (κ3) is 4.53. The Morgan fingerprint density at radius 3 is 2.61 bits per heavy atom. The molecule has 0 saturated carbocycles. The first-order chi connectivity index (χ1) is 16.2. The van der Waals surface area contributed by atoms with Crippen molar-refractivity contribution in [3.05, 3.63) is 78.2 Å². The maximum absolute atomic E-state index is 12.5. The van der Waals surface area contributed by atoms with Gasteiger partial charge in [-0.15, -0.1) is 21.5 Å². The normalized spacial score (nSPS) is 10.8. The molecule has 0 saturated heterocycles. The Bertz CT molecular complexity index is 1400. The van der Waals surface area contributed by atoms with Gasteiger partial charge in [0, 0.05) is 16.9 Å². The Morgan fingerprint density at radius 1 is 0.970 bits per heavy atom. The lowest BCUT2D eigenvalue weighted by atomic mass is 10.1. The molecule has 2 aromatic carbocycles. The second kappa shape index (κ2) is 9.09. The van der Waals surface area contributed by atoms with E-state index in [4.69, 9.17) is 9.84 Å². The molecule has 0 aliphatic heterocycles. The number of thiophene rings is 1. The molecule has 0 atom stereocenters. The number of carbonyl (C=O) groups is 1. The molecule has 0 aliphatic rings. The Kier molecular flexibility index (Phi) is 5.69. The molecule has 8 nitrogen and oxygen atoms in total. The largest absolute Gasteiger partial charge is 0.494 e. The number of carbonyl (C=O) groups excluding carboxylic acids is 1. The molecular formula is C24H20N6O2S. The summed E-state index contributed by atoms with van der Waals surface area (Å²) in [5.74, 6) is 1.46. The van der Waals surface area contributed by atoms with Crippen molar-refractivity contribution < 1.29 is 9.53 Å². The molecule has 2 N–H and O–H groups in total. The Morgan fingerprint density at radius 2 is 1.82 bits per heavy atom. The second-order valence-electron chi connectivity index (χ2n) is 7.11. The number of rotatable bonds is 6. The average molecular weight is 457 g/mol. The zero-order chi connectivity index (χ0) is 22.6. The zero-order valence-corrected chi connectivity index (χ0v) is 18.5. The van der Waals surface area contributed by atoms with Gasteiger partial charge in [0.15, 0.2) is 11.5 Å². The molecule has 0 spiro atoms. The number of ether oxygens (including phenoxy) is 1. The Hall–Kier alpha value is -4.24. The van der Waals surface area contributed by atoms with E-state index in [1.165, 1.54) is 0 Å². The molecule has 0 bridgehead atoms. The first-order valence-corrected chi connectivity index (χ1v) is 11.3. The van der Waals surface area contributed by atoms with Gasteiger partial charge in [-0.05, 0) is 66.9 Å². The van der Waals surface area contributed by atoms with E-state index in [2.05, 4.69) is 20.8 Å². The van der Waals surface area contributed by atoms with Crippen LogP contribution in [0, 0.1) is 0 Å². The van der Waals surface area contributed by atoms with Crippen LogP contribution in [0.4, 0.5) is 16.2 Å². The number of fused-ring (bicyclic) bond motifs is 1. The lowest BCUT2D eigenvalue weighted by molar-refractivity contribution is 0.262. The standard InChI is InChI=1S/C24H20N6O2S/c1-2-32-19-10-8-17(9-11-19)25-24(31)26-18-6-3-5-16(15-18)20-12-13-22-27-28-23(30(22)29-20)21-7-4-14-33-21/h3-15H,2H2,1H3,(H2,25,26,31). The number of urea groups is 1. The molecule has 2 amide bonds. The monoisotopic (exact) mass is 456 g/mol. The predicted molar refractivity (Wildman–Crippen MR) is 130 cm³/mol. The summed E-state index contributed by atoms with van der Waals surface area (Å²) in [6, 6.07) is 22.1. The molecule has 9 heteroatoms. The van der Waals surface area contributed by atoms with Crippen molar-refractivity contribution in [2.45, 2.75) is 6.92 Å². The van der Waals surface area contributed by atoms with Crippen LogP contribution in [0.3, 0.4) is 0 Å². The van der Waals surface area contributed by atoms with Crippen molar-refractivity contribution in [1.82, 2.24) is 19.8 Å². The van der Waals surface area contributed by atoms with E-state index in [9.17, 15) is 4.79 Å². The van der Waals surface area contributed by atoms with E-state index in [-0.39, 0.29) is 6.03 Å². The number of nitrogens with one attached hydrogen (secondary N) is 2. The summed E-state index contributed by atoms with van der Waals surface area (Å²) in [6.07, 6.45) is 0. The molecule has 3 heterocycles. The van der Waals surface area contributed by atoms with Gasteiger partial charge in [-0.1, -0.05) is 18.2 Å². The van der Waals surface area contributed by atoms with Crippen LogP contribution in [-0.4, -0.2) is 32.4 Å². The molecule has 5 aromatic rings. The minimum absolute atomic E-state index is 0.335. The van der Waals surface area contributed by atoms with Crippen LogP contribution in [0.5, 0.6) is 5.75 Å². The van der Waals surface area contributed by atoms with Gasteiger partial charge in [0.25, 0.3) is 0 Å². The van der Waals surface area contributed by atoms with Gasteiger partial charge in [0.1, 0.15) is 5.75 Å². The van der Waals surface area contributed by atoms with Crippen LogP contribution in [0.1, 0.15) is 6.92 Å². The number of aromatic nitrogens is 4. The van der Waals surface area contributed by atoms with E-state index in [0.29, 0.717) is 29.5 Å². The van der Waals surface area contributed by atoms with E-state index in [0.717, 1.165) is 21.9 Å². The fourth-order valence-electron chi connectivity index (χ4n) is 3.35. The van der Waals surface area contributed by atoms with Gasteiger partial charge in [0.2, 0.25) is 0 Å². The highest BCUT2D eigenvalue weighted by Crippen LogP contribution is 2.26. The van der Waals surface area contributed by atoms with Crippen LogP contribution in [0.25, 0.3) is 27.6 Å². The Balaban J connectivity index is 1.34. The first-order valence-electron chi connectivity index (χ1n) is 10.4. The van der Waals surface area contributed by atoms with Crippen molar-refractivity contribution in [1.29, 1.82) is 0 Å². The lowest BCUT2D eigenvalue weighted by Crippen LogP contribution is -2.19. The summed E-state index contributed by atoms with van der Waals surface area (Å²) in [4.78, 5) is 13.5. The van der Waals surface area contributed by atoms with E-state index < -0.39 is 0 Å². The molecule has 0 radical (unpaired) electrons. The van der Waals surface area contributed by atoms with Crippen LogP contribution in [0.2, 0.25) is 0 Å². The van der Waals surface area contributed by atoms with Gasteiger partial charge in [0.05, 0.1) is 17.2 Å². The summed E-state index contributed by atoms with van der Waals surface area (Å²) in [6.45, 7) is 2.52. The second-order valence-corrected chi connectivity index (χ2v) is 8.05. The predicted octanol–water partition coefficient (Wildman–Crippen LogP) is 5.56. The van der Waals surface area contributed by atoms with Gasteiger partial charge >= 0.3 is 6.03 Å². The summed E-state index contributed by atoms with van der Waals surface area (Å²) in [7, 11) is 0. The smallest absolute Gasteiger partial charge is 0.323 e. The minimum atomic E-state index is -0.335. The number of benzene rings is 2. The van der Waals surface area contributed by atoms with Crippen molar-refractivity contribution in [2.75, 3.05) is 17.2 Å². The summed E-state index contributed by atoms with van der Waals surface area (Å²) < 4.78 is 7.16. The third-order valence-corrected chi connectivity index (χ3v) is 5.71. The number of nitrogens with zero attached hydrogens (tertiary/aromatic N) is 4. The van der Waals surface area contributed by atoms with E-state index >= 15 is 0 Å². The van der Waals surface area contributed by atoms with Crippen LogP contribution >= 0.6 is 11.3 Å². The van der Waals surface area contributed by atoms with Crippen LogP contribution in [0.15, 0.2) is 78.2 Å². The highest BCUT2D eigenvalue weighted by molar-refractivity contribution is 7.13. The molecule has 0 fully saturated rings. The summed E-state index contributed by atoms with van der Waals surface area (Å²) in [5.41, 5.74) is 3.61. The first kappa shape index (κ1) is 20.7. The molecule has 5 rings (SSSR count). The quantitative estimate of drug-likeness (QED) is 0.349. The van der Waals surface area contributed by atoms with Gasteiger partial charge in [-0.25, -0.2) is 4.79 Å². The Labute approximate surface area is 193 Å². The SMILES string of the molecule is CCOc1ccc(NC(=O)Nc2cccc(-c3ccc4nnc(-c5cccs5)n4n3)c2)cc1. The van der Waals surface area contributed by atoms with Crippen LogP contribution in [-0.2, 0) is 0 Å². The van der Waals surface area contributed by atoms with E-state index in [1.54, 1.807) is 28.0 Å². The topological polar surface area (TPSA) is 93.4 Å². The fraction of sp³-hybridized carbons (Fsp3) is 0.0833. The van der Waals surface area contributed by atoms with Gasteiger partial charge in [-0.3, -0.25) is 0 Å². The highest BCUT2D eigenvalue weighted by Gasteiger charge is 2.12. The highest BCUT2D eigenvalue weighted by atomic mass is 32.1. The maximum atomic E-state index is 12.5. The zero-order valence-electron chi connectivity index (χ0n) is 17.7. The molecular weight excluding hydrogens is 436 g/mol.